The fourth-order valence-electron chi connectivity index (χ4n) is 1.71. The molecule has 2 heterocycles. The number of carboxylic acids is 1. The molecule has 0 fully saturated rings. The highest BCUT2D eigenvalue weighted by atomic mass is 19.4. The van der Waals surface area contributed by atoms with Crippen LogP contribution in [0.3, 0.4) is 0 Å². The van der Waals surface area contributed by atoms with E-state index in [1.54, 1.807) is 0 Å². The molecule has 9 heteroatoms. The minimum Gasteiger partial charge on any atom is -0.478 e. The number of hydrogen-bond donors (Lipinski definition) is 1. The molecule has 0 amide bonds. The summed E-state index contributed by atoms with van der Waals surface area (Å²) in [6.45, 7) is 0.994. The van der Waals surface area contributed by atoms with Gasteiger partial charge < -0.3 is 5.11 Å². The first kappa shape index (κ1) is 14.8. The second-order valence-corrected chi connectivity index (χ2v) is 4.11. The molecule has 2 aromatic heterocycles. The van der Waals surface area contributed by atoms with Crippen molar-refractivity contribution in [3.8, 4) is 0 Å². The maximum atomic E-state index is 13.6. The Morgan fingerprint density at radius 1 is 1.19 bits per heavy atom. The van der Waals surface area contributed by atoms with Crippen molar-refractivity contribution < 1.29 is 32.3 Å². The first-order chi connectivity index (χ1) is 9.61. The number of nitrogens with zero attached hydrogens (tertiary/aromatic N) is 2. The zero-order valence-electron chi connectivity index (χ0n) is 10.3. The number of aromatic nitrogens is 2. The molecule has 0 aromatic carbocycles. The molecule has 0 bridgehead atoms. The van der Waals surface area contributed by atoms with E-state index in [1.807, 2.05) is 0 Å². The molecule has 110 valence electrons. The molecule has 0 saturated heterocycles. The van der Waals surface area contributed by atoms with Crippen molar-refractivity contribution >= 4 is 22.8 Å². The number of Topliss-reactive ketones (excluding diaryl/α,β-unsaturated/α-hetero) is 1. The highest BCUT2D eigenvalue weighted by Crippen LogP contribution is 2.32. The summed E-state index contributed by atoms with van der Waals surface area (Å²) in [4.78, 5) is 28.5. The molecule has 0 aliphatic rings. The van der Waals surface area contributed by atoms with Crippen LogP contribution in [0.4, 0.5) is 17.6 Å². The molecule has 5 nitrogen and oxygen atoms in total. The maximum absolute atomic E-state index is 13.6. The number of aromatic carboxylic acids is 1. The number of fused-ring (bicyclic) bond motifs is 1. The van der Waals surface area contributed by atoms with Crippen molar-refractivity contribution in [1.29, 1.82) is 0 Å². The van der Waals surface area contributed by atoms with Crippen molar-refractivity contribution in [3.63, 3.8) is 0 Å². The molecule has 0 radical (unpaired) electrons. The quantitative estimate of drug-likeness (QED) is 0.681. The maximum Gasteiger partial charge on any atom is 0.434 e. The van der Waals surface area contributed by atoms with E-state index in [4.69, 9.17) is 5.11 Å². The lowest BCUT2D eigenvalue weighted by atomic mass is 10.1. The first-order valence-corrected chi connectivity index (χ1v) is 5.44. The second-order valence-electron chi connectivity index (χ2n) is 4.11. The zero-order valence-corrected chi connectivity index (χ0v) is 10.3. The summed E-state index contributed by atoms with van der Waals surface area (Å²) in [5.41, 5.74) is -3.99. The van der Waals surface area contributed by atoms with Crippen LogP contribution in [0.25, 0.3) is 11.0 Å². The minimum atomic E-state index is -5.02. The average Bonchev–Trinajstić information content (AvgIpc) is 2.34. The zero-order chi connectivity index (χ0) is 15.9. The number of halogens is 4. The monoisotopic (exact) mass is 302 g/mol. The largest absolute Gasteiger partial charge is 0.478 e. The van der Waals surface area contributed by atoms with Gasteiger partial charge in [-0.1, -0.05) is 0 Å². The number of pyridine rings is 2. The van der Waals surface area contributed by atoms with Crippen LogP contribution < -0.4 is 0 Å². The molecule has 0 aliphatic heterocycles. The van der Waals surface area contributed by atoms with Crippen LogP contribution in [-0.4, -0.2) is 26.8 Å². The van der Waals surface area contributed by atoms with Gasteiger partial charge in [0.05, 0.1) is 5.56 Å². The van der Waals surface area contributed by atoms with Crippen molar-refractivity contribution in [2.75, 3.05) is 0 Å². The lowest BCUT2D eigenvalue weighted by Gasteiger charge is -2.10. The van der Waals surface area contributed by atoms with Gasteiger partial charge in [-0.15, -0.1) is 0 Å². The molecule has 0 spiro atoms. The SMILES string of the molecule is CC(=O)c1nc2nc(C(F)(F)F)c(C(=O)O)cc2cc1F. The van der Waals surface area contributed by atoms with Gasteiger partial charge >= 0.3 is 12.1 Å². The smallest absolute Gasteiger partial charge is 0.434 e. The number of alkyl halides is 3. The van der Waals surface area contributed by atoms with Gasteiger partial charge in [-0.25, -0.2) is 19.2 Å². The molecule has 0 aliphatic carbocycles. The van der Waals surface area contributed by atoms with Crippen molar-refractivity contribution in [3.05, 3.63) is 34.9 Å². The van der Waals surface area contributed by atoms with E-state index in [1.165, 1.54) is 0 Å². The Balaban J connectivity index is 2.85. The molecule has 0 saturated carbocycles. The third-order valence-electron chi connectivity index (χ3n) is 2.59. The Hall–Kier alpha value is -2.58. The molecule has 21 heavy (non-hydrogen) atoms. The van der Waals surface area contributed by atoms with Crippen LogP contribution in [0.2, 0.25) is 0 Å². The average molecular weight is 302 g/mol. The highest BCUT2D eigenvalue weighted by Gasteiger charge is 2.38. The van der Waals surface area contributed by atoms with Crippen LogP contribution in [0.1, 0.15) is 33.5 Å². The van der Waals surface area contributed by atoms with Crippen molar-refractivity contribution in [1.82, 2.24) is 9.97 Å². The standard InChI is InChI=1S/C12H6F4N2O3/c1-4(19)8-7(13)3-5-2-6(11(20)21)9(12(14,15)16)18-10(5)17-8/h2-3H,1H3,(H,20,21). The van der Waals surface area contributed by atoms with Crippen LogP contribution in [0, 0.1) is 5.82 Å². The summed E-state index contributed by atoms with van der Waals surface area (Å²) >= 11 is 0. The summed E-state index contributed by atoms with van der Waals surface area (Å²) in [5.74, 6) is -3.70. The van der Waals surface area contributed by atoms with Gasteiger partial charge in [-0.2, -0.15) is 13.2 Å². The van der Waals surface area contributed by atoms with Gasteiger partial charge in [-0.3, -0.25) is 4.79 Å². The van der Waals surface area contributed by atoms with Gasteiger partial charge in [0.2, 0.25) is 0 Å². The van der Waals surface area contributed by atoms with Crippen LogP contribution in [0.5, 0.6) is 0 Å². The number of rotatable bonds is 2. The highest BCUT2D eigenvalue weighted by molar-refractivity contribution is 5.96. The number of hydrogen-bond acceptors (Lipinski definition) is 4. The Morgan fingerprint density at radius 2 is 1.81 bits per heavy atom. The fourth-order valence-corrected chi connectivity index (χ4v) is 1.71. The Labute approximate surface area is 114 Å². The third kappa shape index (κ3) is 2.67. The number of carboxylic acid groups (broad SMARTS) is 1. The van der Waals surface area contributed by atoms with Crippen LogP contribution in [-0.2, 0) is 6.18 Å². The van der Waals surface area contributed by atoms with E-state index >= 15 is 0 Å². The second kappa shape index (κ2) is 4.76. The Bertz CT molecular complexity index is 771. The predicted octanol–water partition coefficient (Wildman–Crippen LogP) is 2.69. The fraction of sp³-hybridized carbons (Fsp3) is 0.167. The molecule has 1 N–H and O–H groups in total. The molecule has 2 rings (SSSR count). The van der Waals surface area contributed by atoms with E-state index in [-0.39, 0.29) is 5.39 Å². The summed E-state index contributed by atoms with van der Waals surface area (Å²) in [6, 6.07) is 1.34. The minimum absolute atomic E-state index is 0.247. The molecule has 0 unspecified atom stereocenters. The summed E-state index contributed by atoms with van der Waals surface area (Å²) in [6.07, 6.45) is -5.02. The van der Waals surface area contributed by atoms with E-state index in [2.05, 4.69) is 9.97 Å². The van der Waals surface area contributed by atoms with Gasteiger partial charge in [0, 0.05) is 12.3 Å². The summed E-state index contributed by atoms with van der Waals surface area (Å²) < 4.78 is 51.9. The van der Waals surface area contributed by atoms with Crippen LogP contribution >= 0.6 is 0 Å². The van der Waals surface area contributed by atoms with E-state index in [0.29, 0.717) is 6.07 Å². The van der Waals surface area contributed by atoms with E-state index in [0.717, 1.165) is 13.0 Å². The van der Waals surface area contributed by atoms with Crippen molar-refractivity contribution in [2.45, 2.75) is 13.1 Å². The molecular weight excluding hydrogens is 296 g/mol. The number of carbonyl (C=O) groups excluding carboxylic acids is 1. The lowest BCUT2D eigenvalue weighted by Crippen LogP contribution is -2.16. The van der Waals surface area contributed by atoms with E-state index in [9.17, 15) is 27.2 Å². The topological polar surface area (TPSA) is 80.2 Å². The Kier molecular flexibility index (Phi) is 3.36. The first-order valence-electron chi connectivity index (χ1n) is 5.44. The van der Waals surface area contributed by atoms with Crippen molar-refractivity contribution in [2.24, 2.45) is 0 Å². The van der Waals surface area contributed by atoms with Crippen LogP contribution in [0.15, 0.2) is 12.1 Å². The van der Waals surface area contributed by atoms with Gasteiger partial charge in [0.15, 0.2) is 22.9 Å². The normalized spacial score (nSPS) is 11.7. The third-order valence-corrected chi connectivity index (χ3v) is 2.59. The van der Waals surface area contributed by atoms with Gasteiger partial charge in [0.1, 0.15) is 5.69 Å². The van der Waals surface area contributed by atoms with Gasteiger partial charge in [0.25, 0.3) is 0 Å². The lowest BCUT2D eigenvalue weighted by molar-refractivity contribution is -0.141. The Morgan fingerprint density at radius 3 is 2.29 bits per heavy atom. The molecule has 2 aromatic rings. The molecular formula is C12H6F4N2O3. The van der Waals surface area contributed by atoms with Gasteiger partial charge in [-0.05, 0) is 12.1 Å². The summed E-state index contributed by atoms with van der Waals surface area (Å²) in [7, 11) is 0. The summed E-state index contributed by atoms with van der Waals surface area (Å²) in [5, 5.41) is 8.54. The van der Waals surface area contributed by atoms with E-state index < -0.39 is 46.3 Å². The predicted molar refractivity (Wildman–Crippen MR) is 61.5 cm³/mol. The number of carbonyl (C=O) groups is 2. The number of ketones is 1. The molecule has 0 atom stereocenters.